The third-order valence-corrected chi connectivity index (χ3v) is 7.06. The monoisotopic (exact) mass is 535 g/mol. The van der Waals surface area contributed by atoms with Gasteiger partial charge in [0, 0.05) is 15.1 Å². The van der Waals surface area contributed by atoms with Crippen molar-refractivity contribution in [2.24, 2.45) is 5.10 Å². The van der Waals surface area contributed by atoms with Crippen LogP contribution >= 0.6 is 27.5 Å². The molecule has 0 saturated carbocycles. The fourth-order valence-electron chi connectivity index (χ4n) is 2.80. The average molecular weight is 537 g/mol. The summed E-state index contributed by atoms with van der Waals surface area (Å²) < 4.78 is 33.8. The molecule has 166 valence electrons. The predicted octanol–water partition coefficient (Wildman–Crippen LogP) is 4.46. The van der Waals surface area contributed by atoms with Gasteiger partial charge in [0.15, 0.2) is 0 Å². The third kappa shape index (κ3) is 5.67. The Morgan fingerprint density at radius 3 is 2.50 bits per heavy atom. The van der Waals surface area contributed by atoms with Gasteiger partial charge in [-0.2, -0.15) is 5.10 Å². The molecular formula is C22H19BrClN3O4S. The van der Waals surface area contributed by atoms with Crippen LogP contribution in [0, 0.1) is 0 Å². The Hall–Kier alpha value is -2.88. The molecule has 0 aliphatic carbocycles. The van der Waals surface area contributed by atoms with E-state index in [4.69, 9.17) is 16.3 Å². The van der Waals surface area contributed by atoms with Crippen molar-refractivity contribution in [1.82, 2.24) is 5.43 Å². The van der Waals surface area contributed by atoms with Gasteiger partial charge in [0.1, 0.15) is 12.3 Å². The summed E-state index contributed by atoms with van der Waals surface area (Å²) in [5.74, 6) is -0.395. The van der Waals surface area contributed by atoms with Crippen molar-refractivity contribution in [2.75, 3.05) is 18.0 Å². The van der Waals surface area contributed by atoms with Crippen LogP contribution in [0.25, 0.3) is 0 Å². The number of halogens is 2. The summed E-state index contributed by atoms with van der Waals surface area (Å²) in [7, 11) is -2.70. The van der Waals surface area contributed by atoms with Gasteiger partial charge in [-0.1, -0.05) is 63.9 Å². The van der Waals surface area contributed by atoms with E-state index in [0.717, 1.165) is 14.3 Å². The van der Waals surface area contributed by atoms with E-state index in [1.165, 1.54) is 37.6 Å². The predicted molar refractivity (Wildman–Crippen MR) is 129 cm³/mol. The van der Waals surface area contributed by atoms with Gasteiger partial charge in [-0.15, -0.1) is 0 Å². The van der Waals surface area contributed by atoms with Crippen LogP contribution in [0.3, 0.4) is 0 Å². The van der Waals surface area contributed by atoms with Gasteiger partial charge in [-0.3, -0.25) is 9.10 Å². The molecule has 0 fully saturated rings. The summed E-state index contributed by atoms with van der Waals surface area (Å²) in [6, 6.07) is 19.7. The van der Waals surface area contributed by atoms with Crippen LogP contribution in [0.1, 0.15) is 5.56 Å². The first-order valence-corrected chi connectivity index (χ1v) is 11.9. The van der Waals surface area contributed by atoms with Crippen molar-refractivity contribution in [3.05, 3.63) is 87.9 Å². The van der Waals surface area contributed by atoms with E-state index in [0.29, 0.717) is 5.02 Å². The molecule has 0 saturated heterocycles. The maximum absolute atomic E-state index is 13.4. The van der Waals surface area contributed by atoms with Crippen molar-refractivity contribution >= 4 is 55.4 Å². The molecule has 0 atom stereocenters. The zero-order chi connectivity index (χ0) is 23.1. The molecule has 10 heteroatoms. The van der Waals surface area contributed by atoms with E-state index in [2.05, 4.69) is 26.5 Å². The number of rotatable bonds is 8. The van der Waals surface area contributed by atoms with Crippen molar-refractivity contribution in [3.8, 4) is 5.75 Å². The van der Waals surface area contributed by atoms with Crippen molar-refractivity contribution < 1.29 is 17.9 Å². The van der Waals surface area contributed by atoms with Crippen molar-refractivity contribution in [2.45, 2.75) is 4.90 Å². The number of ether oxygens (including phenoxy) is 1. The Morgan fingerprint density at radius 1 is 1.12 bits per heavy atom. The Balaban J connectivity index is 1.92. The van der Waals surface area contributed by atoms with Crippen LogP contribution in [0.15, 0.2) is 87.3 Å². The molecule has 0 aromatic heterocycles. The number of carbonyl (C=O) groups is 1. The highest BCUT2D eigenvalue weighted by atomic mass is 79.9. The number of hydrogen-bond donors (Lipinski definition) is 1. The molecule has 0 spiro atoms. The van der Waals surface area contributed by atoms with Gasteiger partial charge in [-0.25, -0.2) is 13.8 Å². The minimum atomic E-state index is -4.11. The SMILES string of the molecule is COc1ccc(Cl)cc1N(CC(=O)N/N=C\c1ccccc1Br)S(=O)(=O)c1ccccc1. The molecular weight excluding hydrogens is 518 g/mol. The van der Waals surface area contributed by atoms with Crippen LogP contribution in [0.2, 0.25) is 5.02 Å². The van der Waals surface area contributed by atoms with Gasteiger partial charge in [0.2, 0.25) is 0 Å². The molecule has 1 amide bonds. The number of hydrazone groups is 1. The highest BCUT2D eigenvalue weighted by Gasteiger charge is 2.29. The topological polar surface area (TPSA) is 88.1 Å². The van der Waals surface area contributed by atoms with Gasteiger partial charge >= 0.3 is 0 Å². The molecule has 0 heterocycles. The molecule has 0 radical (unpaired) electrons. The number of amides is 1. The number of hydrogen-bond acceptors (Lipinski definition) is 5. The fourth-order valence-corrected chi connectivity index (χ4v) is 4.79. The van der Waals surface area contributed by atoms with Gasteiger partial charge < -0.3 is 4.74 Å². The van der Waals surface area contributed by atoms with Crippen molar-refractivity contribution in [1.29, 1.82) is 0 Å². The summed E-state index contributed by atoms with van der Waals surface area (Å²) in [5, 5.41) is 4.22. The molecule has 3 aromatic rings. The summed E-state index contributed by atoms with van der Waals surface area (Å²) in [6.45, 7) is -0.540. The van der Waals surface area contributed by atoms with Gasteiger partial charge in [-0.05, 0) is 36.4 Å². The largest absolute Gasteiger partial charge is 0.495 e. The van der Waals surface area contributed by atoms with E-state index >= 15 is 0 Å². The zero-order valence-corrected chi connectivity index (χ0v) is 20.1. The number of sulfonamides is 1. The summed E-state index contributed by atoms with van der Waals surface area (Å²) in [5.41, 5.74) is 3.25. The molecule has 0 aliphatic rings. The maximum atomic E-state index is 13.4. The first kappa shape index (κ1) is 23.8. The van der Waals surface area contributed by atoms with E-state index < -0.39 is 22.5 Å². The highest BCUT2D eigenvalue weighted by Crippen LogP contribution is 2.34. The molecule has 7 nitrogen and oxygen atoms in total. The van der Waals surface area contributed by atoms with E-state index in [9.17, 15) is 13.2 Å². The lowest BCUT2D eigenvalue weighted by Gasteiger charge is -2.25. The second-order valence-electron chi connectivity index (χ2n) is 6.46. The summed E-state index contributed by atoms with van der Waals surface area (Å²) >= 11 is 9.50. The van der Waals surface area contributed by atoms with Crippen LogP contribution in [0.4, 0.5) is 5.69 Å². The zero-order valence-electron chi connectivity index (χ0n) is 16.9. The van der Waals surface area contributed by atoms with Crippen LogP contribution < -0.4 is 14.5 Å². The Bertz CT molecular complexity index is 1240. The highest BCUT2D eigenvalue weighted by molar-refractivity contribution is 9.10. The molecule has 0 aliphatic heterocycles. The number of anilines is 1. The molecule has 0 unspecified atom stereocenters. The minimum Gasteiger partial charge on any atom is -0.495 e. The number of carbonyl (C=O) groups excluding carboxylic acids is 1. The first-order chi connectivity index (χ1) is 15.3. The number of methoxy groups -OCH3 is 1. The third-order valence-electron chi connectivity index (χ3n) is 4.33. The molecule has 32 heavy (non-hydrogen) atoms. The lowest BCUT2D eigenvalue weighted by Crippen LogP contribution is -2.39. The maximum Gasteiger partial charge on any atom is 0.264 e. The normalized spacial score (nSPS) is 11.3. The lowest BCUT2D eigenvalue weighted by atomic mass is 10.2. The summed E-state index contributed by atoms with van der Waals surface area (Å²) in [6.07, 6.45) is 1.46. The van der Waals surface area contributed by atoms with Crippen LogP contribution in [0.5, 0.6) is 5.75 Å². The number of nitrogens with zero attached hydrogens (tertiary/aromatic N) is 2. The minimum absolute atomic E-state index is 0.0199. The second-order valence-corrected chi connectivity index (χ2v) is 9.61. The molecule has 0 bridgehead atoms. The van der Waals surface area contributed by atoms with Gasteiger partial charge in [0.25, 0.3) is 15.9 Å². The van der Waals surface area contributed by atoms with Gasteiger partial charge in [0.05, 0.1) is 23.9 Å². The Kier molecular flexibility index (Phi) is 7.89. The van der Waals surface area contributed by atoms with Crippen molar-refractivity contribution in [3.63, 3.8) is 0 Å². The van der Waals surface area contributed by atoms with Crippen LogP contribution in [-0.4, -0.2) is 34.2 Å². The molecule has 1 N–H and O–H groups in total. The van der Waals surface area contributed by atoms with E-state index in [1.807, 2.05) is 24.3 Å². The average Bonchev–Trinajstić information content (AvgIpc) is 2.79. The summed E-state index contributed by atoms with van der Waals surface area (Å²) in [4.78, 5) is 12.7. The molecule has 3 rings (SSSR count). The number of benzene rings is 3. The quantitative estimate of drug-likeness (QED) is 0.340. The fraction of sp³-hybridized carbons (Fsp3) is 0.0909. The Labute approximate surface area is 199 Å². The number of nitrogens with one attached hydrogen (secondary N) is 1. The Morgan fingerprint density at radius 2 is 1.81 bits per heavy atom. The van der Waals surface area contributed by atoms with E-state index in [-0.39, 0.29) is 16.3 Å². The first-order valence-electron chi connectivity index (χ1n) is 9.30. The van der Waals surface area contributed by atoms with Crippen LogP contribution in [-0.2, 0) is 14.8 Å². The molecule has 3 aromatic carbocycles. The van der Waals surface area contributed by atoms with E-state index in [1.54, 1.807) is 24.3 Å². The smallest absolute Gasteiger partial charge is 0.264 e. The standard InChI is InChI=1S/C22H19BrClN3O4S/c1-31-21-12-11-17(24)13-20(21)27(32(29,30)18-8-3-2-4-9-18)15-22(28)26-25-14-16-7-5-6-10-19(16)23/h2-14H,15H2,1H3,(H,26,28)/b25-14-. The second kappa shape index (κ2) is 10.6. The lowest BCUT2D eigenvalue weighted by molar-refractivity contribution is -0.119.